The Kier molecular flexibility index (Phi) is 6.33. The molecule has 1 aromatic heterocycles. The lowest BCUT2D eigenvalue weighted by molar-refractivity contribution is -0.116. The van der Waals surface area contributed by atoms with Crippen molar-refractivity contribution in [2.24, 2.45) is 4.99 Å². The maximum absolute atomic E-state index is 12.2. The third kappa shape index (κ3) is 4.94. The summed E-state index contributed by atoms with van der Waals surface area (Å²) in [4.78, 5) is 21.4. The summed E-state index contributed by atoms with van der Waals surface area (Å²) in [5.41, 5.74) is 2.77. The third-order valence-corrected chi connectivity index (χ3v) is 7.43. The standard InChI is InChI=1S/C22H24N4O3S2/c1-2-15-11-12-17-18(14-15)30-22(24-17)25-20(27)10-4-3-7-13-23-21-16-8-5-6-9-19(16)31(28,29)26-21/h5-6,8-9,11-12,14H,2-4,7,10,13H2,1H3,(H,23,26)(H,24,25,27). The summed E-state index contributed by atoms with van der Waals surface area (Å²) in [7, 11) is -3.50. The number of aliphatic imine (C=N–C) groups is 1. The van der Waals surface area contributed by atoms with Crippen LogP contribution in [0, 0.1) is 0 Å². The number of hydrogen-bond acceptors (Lipinski definition) is 6. The molecule has 0 saturated carbocycles. The lowest BCUT2D eigenvalue weighted by atomic mass is 10.2. The molecule has 31 heavy (non-hydrogen) atoms. The van der Waals surface area contributed by atoms with Gasteiger partial charge in [0.25, 0.3) is 10.0 Å². The van der Waals surface area contributed by atoms with Gasteiger partial charge in [-0.3, -0.25) is 14.5 Å². The molecule has 2 aromatic carbocycles. The van der Waals surface area contributed by atoms with Gasteiger partial charge in [0.15, 0.2) is 5.13 Å². The van der Waals surface area contributed by atoms with E-state index in [1.165, 1.54) is 16.9 Å². The summed E-state index contributed by atoms with van der Waals surface area (Å²) in [5, 5.41) is 3.52. The van der Waals surface area contributed by atoms with Crippen molar-refractivity contribution >= 4 is 48.5 Å². The normalized spacial score (nSPS) is 15.7. The predicted octanol–water partition coefficient (Wildman–Crippen LogP) is 4.10. The fourth-order valence-corrected chi connectivity index (χ4v) is 5.64. The molecule has 2 heterocycles. The molecule has 1 amide bonds. The largest absolute Gasteiger partial charge is 0.302 e. The Labute approximate surface area is 185 Å². The molecule has 0 spiro atoms. The number of amides is 1. The van der Waals surface area contributed by atoms with E-state index in [2.05, 4.69) is 39.1 Å². The number of rotatable bonds is 8. The van der Waals surface area contributed by atoms with Gasteiger partial charge in [-0.25, -0.2) is 13.4 Å². The van der Waals surface area contributed by atoms with Gasteiger partial charge in [-0.15, -0.1) is 0 Å². The van der Waals surface area contributed by atoms with Crippen LogP contribution >= 0.6 is 11.3 Å². The lowest BCUT2D eigenvalue weighted by Crippen LogP contribution is -2.22. The fraction of sp³-hybridized carbons (Fsp3) is 0.318. The first-order valence-corrected chi connectivity index (χ1v) is 12.6. The molecule has 0 atom stereocenters. The summed E-state index contributed by atoms with van der Waals surface area (Å²) in [6.07, 6.45) is 3.74. The Bertz CT molecular complexity index is 1250. The zero-order valence-electron chi connectivity index (χ0n) is 17.2. The second-order valence-electron chi connectivity index (χ2n) is 7.37. The maximum atomic E-state index is 12.2. The quantitative estimate of drug-likeness (QED) is 0.499. The highest BCUT2D eigenvalue weighted by Crippen LogP contribution is 2.27. The molecule has 1 aliphatic heterocycles. The van der Waals surface area contributed by atoms with E-state index < -0.39 is 10.0 Å². The van der Waals surface area contributed by atoms with E-state index in [0.29, 0.717) is 29.5 Å². The topological polar surface area (TPSA) is 101 Å². The van der Waals surface area contributed by atoms with Gasteiger partial charge in [-0.1, -0.05) is 42.9 Å². The van der Waals surface area contributed by atoms with Crippen LogP contribution in [0.3, 0.4) is 0 Å². The molecule has 3 aromatic rings. The van der Waals surface area contributed by atoms with Gasteiger partial charge in [0.2, 0.25) is 5.91 Å². The second kappa shape index (κ2) is 9.15. The van der Waals surface area contributed by atoms with Crippen molar-refractivity contribution in [1.29, 1.82) is 0 Å². The average Bonchev–Trinajstić information content (AvgIpc) is 3.27. The molecule has 162 valence electrons. The number of nitrogens with one attached hydrogen (secondary N) is 2. The van der Waals surface area contributed by atoms with Crippen LogP contribution in [0.25, 0.3) is 10.2 Å². The van der Waals surface area contributed by atoms with Gasteiger partial charge >= 0.3 is 0 Å². The Morgan fingerprint density at radius 2 is 2.00 bits per heavy atom. The molecule has 0 radical (unpaired) electrons. The van der Waals surface area contributed by atoms with E-state index >= 15 is 0 Å². The Morgan fingerprint density at radius 1 is 1.16 bits per heavy atom. The predicted molar refractivity (Wildman–Crippen MR) is 124 cm³/mol. The number of fused-ring (bicyclic) bond motifs is 2. The van der Waals surface area contributed by atoms with Gasteiger partial charge in [0.05, 0.1) is 15.1 Å². The summed E-state index contributed by atoms with van der Waals surface area (Å²) >= 11 is 1.49. The molecule has 0 aliphatic carbocycles. The molecule has 4 rings (SSSR count). The number of nitrogens with zero attached hydrogens (tertiary/aromatic N) is 2. The maximum Gasteiger partial charge on any atom is 0.263 e. The molecular weight excluding hydrogens is 432 g/mol. The molecule has 0 unspecified atom stereocenters. The number of benzene rings is 2. The number of thiazole rings is 1. The van der Waals surface area contributed by atoms with Crippen LogP contribution in [-0.2, 0) is 21.2 Å². The van der Waals surface area contributed by atoms with Crippen molar-refractivity contribution in [1.82, 2.24) is 9.71 Å². The number of aryl methyl sites for hydroxylation is 1. The van der Waals surface area contributed by atoms with Crippen LogP contribution in [-0.4, -0.2) is 31.7 Å². The first-order valence-electron chi connectivity index (χ1n) is 10.3. The number of aromatic nitrogens is 1. The molecule has 7 nitrogen and oxygen atoms in total. The summed E-state index contributed by atoms with van der Waals surface area (Å²) < 4.78 is 27.7. The van der Waals surface area contributed by atoms with Crippen LogP contribution in [0.15, 0.2) is 52.4 Å². The van der Waals surface area contributed by atoms with Crippen molar-refractivity contribution in [2.75, 3.05) is 11.9 Å². The Morgan fingerprint density at radius 3 is 2.84 bits per heavy atom. The van der Waals surface area contributed by atoms with Gasteiger partial charge in [0.1, 0.15) is 5.84 Å². The number of hydrogen-bond donors (Lipinski definition) is 2. The summed E-state index contributed by atoms with van der Waals surface area (Å²) in [6.45, 7) is 2.62. The van der Waals surface area contributed by atoms with Crippen LogP contribution in [0.4, 0.5) is 5.13 Å². The monoisotopic (exact) mass is 456 g/mol. The second-order valence-corrected chi connectivity index (χ2v) is 10.0. The first-order chi connectivity index (χ1) is 15.0. The van der Waals surface area contributed by atoms with Gasteiger partial charge in [-0.2, -0.15) is 0 Å². The van der Waals surface area contributed by atoms with E-state index in [9.17, 15) is 13.2 Å². The Balaban J connectivity index is 1.22. The van der Waals surface area contributed by atoms with Gasteiger partial charge in [0, 0.05) is 18.5 Å². The third-order valence-electron chi connectivity index (χ3n) is 5.10. The lowest BCUT2D eigenvalue weighted by Gasteiger charge is -2.02. The highest BCUT2D eigenvalue weighted by molar-refractivity contribution is 7.90. The van der Waals surface area contributed by atoms with E-state index in [0.717, 1.165) is 35.9 Å². The summed E-state index contributed by atoms with van der Waals surface area (Å²) in [6, 6.07) is 13.0. The highest BCUT2D eigenvalue weighted by atomic mass is 32.2. The van der Waals surface area contributed by atoms with E-state index in [1.54, 1.807) is 24.3 Å². The van der Waals surface area contributed by atoms with Crippen LogP contribution in [0.1, 0.15) is 43.7 Å². The zero-order valence-corrected chi connectivity index (χ0v) is 18.9. The number of amidine groups is 1. The molecule has 9 heteroatoms. The van der Waals surface area contributed by atoms with Crippen LogP contribution < -0.4 is 10.0 Å². The van der Waals surface area contributed by atoms with Gasteiger partial charge in [-0.05, 0) is 49.1 Å². The minimum Gasteiger partial charge on any atom is -0.302 e. The van der Waals surface area contributed by atoms with Crippen LogP contribution in [0.2, 0.25) is 0 Å². The minimum atomic E-state index is -3.50. The molecule has 0 bridgehead atoms. The van der Waals surface area contributed by atoms with Crippen molar-refractivity contribution in [3.63, 3.8) is 0 Å². The number of unbranched alkanes of at least 4 members (excludes halogenated alkanes) is 2. The van der Waals surface area contributed by atoms with Crippen molar-refractivity contribution in [3.8, 4) is 0 Å². The smallest absolute Gasteiger partial charge is 0.263 e. The zero-order chi connectivity index (χ0) is 21.8. The molecule has 0 fully saturated rings. The highest BCUT2D eigenvalue weighted by Gasteiger charge is 2.29. The van der Waals surface area contributed by atoms with E-state index in [-0.39, 0.29) is 10.8 Å². The van der Waals surface area contributed by atoms with Gasteiger partial charge < -0.3 is 5.32 Å². The molecular formula is C22H24N4O3S2. The number of carbonyl (C=O) groups is 1. The van der Waals surface area contributed by atoms with Crippen molar-refractivity contribution in [3.05, 3.63) is 53.6 Å². The molecule has 2 N–H and O–H groups in total. The number of sulfonamides is 1. The number of anilines is 1. The van der Waals surface area contributed by atoms with Crippen molar-refractivity contribution < 1.29 is 13.2 Å². The summed E-state index contributed by atoms with van der Waals surface area (Å²) in [5.74, 6) is 0.356. The first kappa shape index (κ1) is 21.5. The molecule has 1 aliphatic rings. The Hall–Kier alpha value is -2.78. The average molecular weight is 457 g/mol. The SMILES string of the molecule is CCc1ccc2nc(NC(=O)CCCCCN=C3NS(=O)(=O)c4ccccc43)sc2c1. The minimum absolute atomic E-state index is 0.0430. The van der Waals surface area contributed by atoms with Crippen LogP contribution in [0.5, 0.6) is 0 Å². The van der Waals surface area contributed by atoms with E-state index in [1.807, 2.05) is 6.07 Å². The fourth-order valence-electron chi connectivity index (χ4n) is 3.44. The van der Waals surface area contributed by atoms with E-state index in [4.69, 9.17) is 0 Å². The molecule has 0 saturated heterocycles. The number of carbonyl (C=O) groups excluding carboxylic acids is 1. The van der Waals surface area contributed by atoms with Crippen molar-refractivity contribution in [2.45, 2.75) is 43.9 Å².